The zero-order valence-corrected chi connectivity index (χ0v) is 15.3. The lowest BCUT2D eigenvalue weighted by Crippen LogP contribution is -2.39. The van der Waals surface area contributed by atoms with E-state index in [0.717, 1.165) is 0 Å². The molecular formula is C21H30O3. The summed E-state index contributed by atoms with van der Waals surface area (Å²) < 4.78 is 5.06. The molecule has 0 unspecified atom stereocenters. The summed E-state index contributed by atoms with van der Waals surface area (Å²) in [5, 5.41) is 0. The standard InChI is InChI=1S/C21H30O3/c1-7-10-20(5)15-13-19(4,18(23)24-6)14-16(15)21(11-8-2,12-9-3)17(20)22/h7-9,15-16H,1-3,10-14H2,4-6H3/t15-,16+,19-,20+/m1/s1. The molecule has 24 heavy (non-hydrogen) atoms. The van der Waals surface area contributed by atoms with Crippen molar-refractivity contribution in [1.29, 1.82) is 0 Å². The van der Waals surface area contributed by atoms with Gasteiger partial charge in [0.15, 0.2) is 0 Å². The van der Waals surface area contributed by atoms with Crippen LogP contribution >= 0.6 is 0 Å². The zero-order valence-electron chi connectivity index (χ0n) is 15.3. The Bertz CT molecular complexity index is 566. The van der Waals surface area contributed by atoms with E-state index in [0.29, 0.717) is 32.1 Å². The molecule has 2 rings (SSSR count). The molecule has 0 aliphatic heterocycles. The number of allylic oxidation sites excluding steroid dienone is 3. The van der Waals surface area contributed by atoms with Crippen molar-refractivity contribution in [3.8, 4) is 0 Å². The Morgan fingerprint density at radius 1 is 1.08 bits per heavy atom. The molecule has 2 aliphatic rings. The minimum absolute atomic E-state index is 0.148. The zero-order chi connectivity index (χ0) is 18.2. The van der Waals surface area contributed by atoms with Crippen LogP contribution in [0, 0.1) is 28.1 Å². The number of esters is 1. The van der Waals surface area contributed by atoms with Crippen molar-refractivity contribution in [3.63, 3.8) is 0 Å². The van der Waals surface area contributed by atoms with Crippen molar-refractivity contribution in [2.24, 2.45) is 28.1 Å². The highest BCUT2D eigenvalue weighted by Gasteiger charge is 2.69. The van der Waals surface area contributed by atoms with Gasteiger partial charge in [0.25, 0.3) is 0 Å². The molecular weight excluding hydrogens is 300 g/mol. The third kappa shape index (κ3) is 2.40. The van der Waals surface area contributed by atoms with Gasteiger partial charge in [-0.3, -0.25) is 9.59 Å². The van der Waals surface area contributed by atoms with E-state index in [1.807, 2.05) is 32.1 Å². The highest BCUT2D eigenvalue weighted by Crippen LogP contribution is 2.68. The number of methoxy groups -OCH3 is 1. The second-order valence-electron chi connectivity index (χ2n) is 8.05. The molecule has 0 bridgehead atoms. The van der Waals surface area contributed by atoms with Crippen molar-refractivity contribution >= 4 is 11.8 Å². The molecule has 0 aromatic rings. The van der Waals surface area contributed by atoms with Crippen LogP contribution in [-0.4, -0.2) is 18.9 Å². The maximum absolute atomic E-state index is 13.5. The van der Waals surface area contributed by atoms with Gasteiger partial charge in [-0.25, -0.2) is 0 Å². The highest BCUT2D eigenvalue weighted by molar-refractivity contribution is 5.94. The third-order valence-corrected chi connectivity index (χ3v) is 6.59. The Hall–Kier alpha value is -1.64. The summed E-state index contributed by atoms with van der Waals surface area (Å²) in [6.07, 6.45) is 8.78. The second-order valence-corrected chi connectivity index (χ2v) is 8.05. The molecule has 0 saturated heterocycles. The number of fused-ring (bicyclic) bond motifs is 1. The number of Topliss-reactive ketones (excluding diaryl/α,β-unsaturated/α-hetero) is 1. The maximum atomic E-state index is 13.5. The highest BCUT2D eigenvalue weighted by atomic mass is 16.5. The third-order valence-electron chi connectivity index (χ3n) is 6.59. The summed E-state index contributed by atoms with van der Waals surface area (Å²) >= 11 is 0. The van der Waals surface area contributed by atoms with E-state index in [1.54, 1.807) is 0 Å². The van der Waals surface area contributed by atoms with Gasteiger partial charge in [0.2, 0.25) is 0 Å². The number of ketones is 1. The molecule has 2 fully saturated rings. The Morgan fingerprint density at radius 2 is 1.58 bits per heavy atom. The van der Waals surface area contributed by atoms with E-state index < -0.39 is 16.2 Å². The predicted molar refractivity (Wildman–Crippen MR) is 96.3 cm³/mol. The summed E-state index contributed by atoms with van der Waals surface area (Å²) in [6, 6.07) is 0. The van der Waals surface area contributed by atoms with Crippen LogP contribution in [0.15, 0.2) is 38.0 Å². The number of hydrogen-bond acceptors (Lipinski definition) is 3. The smallest absolute Gasteiger partial charge is 0.311 e. The van der Waals surface area contributed by atoms with Gasteiger partial charge < -0.3 is 4.74 Å². The van der Waals surface area contributed by atoms with Crippen molar-refractivity contribution in [1.82, 2.24) is 0 Å². The van der Waals surface area contributed by atoms with E-state index in [2.05, 4.69) is 19.7 Å². The molecule has 0 radical (unpaired) electrons. The Balaban J connectivity index is 2.56. The number of rotatable bonds is 7. The lowest BCUT2D eigenvalue weighted by atomic mass is 9.67. The van der Waals surface area contributed by atoms with Crippen molar-refractivity contribution in [3.05, 3.63) is 38.0 Å². The summed E-state index contributed by atoms with van der Waals surface area (Å²) in [6.45, 7) is 15.6. The van der Waals surface area contributed by atoms with Gasteiger partial charge in [-0.1, -0.05) is 25.2 Å². The summed E-state index contributed by atoms with van der Waals surface area (Å²) in [4.78, 5) is 25.9. The second kappa shape index (κ2) is 6.34. The molecule has 0 N–H and O–H groups in total. The van der Waals surface area contributed by atoms with Gasteiger partial charge in [0.05, 0.1) is 12.5 Å². The number of carbonyl (C=O) groups is 2. The van der Waals surface area contributed by atoms with Gasteiger partial charge in [-0.05, 0) is 50.9 Å². The van der Waals surface area contributed by atoms with Crippen LogP contribution < -0.4 is 0 Å². The van der Waals surface area contributed by atoms with Crippen molar-refractivity contribution in [2.75, 3.05) is 7.11 Å². The van der Waals surface area contributed by atoms with Crippen LogP contribution in [0.5, 0.6) is 0 Å². The van der Waals surface area contributed by atoms with Crippen LogP contribution in [0.1, 0.15) is 46.0 Å². The van der Waals surface area contributed by atoms with Crippen LogP contribution in [-0.2, 0) is 14.3 Å². The van der Waals surface area contributed by atoms with Crippen molar-refractivity contribution < 1.29 is 14.3 Å². The summed E-state index contributed by atoms with van der Waals surface area (Å²) in [7, 11) is 1.44. The molecule has 132 valence electrons. The van der Waals surface area contributed by atoms with Gasteiger partial charge in [-0.15, -0.1) is 19.7 Å². The lowest BCUT2D eigenvalue weighted by Gasteiger charge is -2.35. The fourth-order valence-electron chi connectivity index (χ4n) is 5.54. The topological polar surface area (TPSA) is 43.4 Å². The minimum Gasteiger partial charge on any atom is -0.469 e. The van der Waals surface area contributed by atoms with E-state index >= 15 is 0 Å². The van der Waals surface area contributed by atoms with E-state index in [-0.39, 0.29) is 23.6 Å². The molecule has 2 saturated carbocycles. The predicted octanol–water partition coefficient (Wildman–Crippen LogP) is 4.50. The molecule has 0 spiro atoms. The quantitative estimate of drug-likeness (QED) is 0.510. The van der Waals surface area contributed by atoms with Gasteiger partial charge >= 0.3 is 5.97 Å². The molecule has 2 aliphatic carbocycles. The average Bonchev–Trinajstić information content (AvgIpc) is 2.98. The fraction of sp³-hybridized carbons (Fsp3) is 0.619. The monoisotopic (exact) mass is 330 g/mol. The van der Waals surface area contributed by atoms with Crippen molar-refractivity contribution in [2.45, 2.75) is 46.0 Å². The fourth-order valence-corrected chi connectivity index (χ4v) is 5.54. The SMILES string of the molecule is C=CCC1(CC=C)C(=O)[C@@](C)(CC=C)[C@@H]2C[C@@](C)(C(=O)OC)C[C@@H]21. The molecule has 3 nitrogen and oxygen atoms in total. The first kappa shape index (κ1) is 18.7. The Labute approximate surface area is 145 Å². The number of ether oxygens (including phenoxy) is 1. The number of carbonyl (C=O) groups excluding carboxylic acids is 2. The molecule has 0 amide bonds. The van der Waals surface area contributed by atoms with Crippen LogP contribution in [0.25, 0.3) is 0 Å². The lowest BCUT2D eigenvalue weighted by molar-refractivity contribution is -0.153. The minimum atomic E-state index is -0.527. The van der Waals surface area contributed by atoms with Crippen LogP contribution in [0.2, 0.25) is 0 Å². The molecule has 0 aromatic carbocycles. The van der Waals surface area contributed by atoms with Gasteiger partial charge in [0, 0.05) is 10.8 Å². The number of hydrogen-bond donors (Lipinski definition) is 0. The first-order valence-corrected chi connectivity index (χ1v) is 8.72. The van der Waals surface area contributed by atoms with E-state index in [9.17, 15) is 9.59 Å². The van der Waals surface area contributed by atoms with E-state index in [1.165, 1.54) is 7.11 Å². The molecule has 0 aromatic heterocycles. The maximum Gasteiger partial charge on any atom is 0.311 e. The first-order chi connectivity index (χ1) is 11.3. The van der Waals surface area contributed by atoms with Crippen LogP contribution in [0.4, 0.5) is 0 Å². The van der Waals surface area contributed by atoms with Gasteiger partial charge in [-0.2, -0.15) is 0 Å². The molecule has 3 heteroatoms. The normalized spacial score (nSPS) is 36.9. The average molecular weight is 330 g/mol. The first-order valence-electron chi connectivity index (χ1n) is 8.72. The van der Waals surface area contributed by atoms with Crippen LogP contribution in [0.3, 0.4) is 0 Å². The Kier molecular flexibility index (Phi) is 4.94. The molecule has 0 heterocycles. The molecule has 4 atom stereocenters. The Morgan fingerprint density at radius 3 is 2.04 bits per heavy atom. The summed E-state index contributed by atoms with van der Waals surface area (Å²) in [5.74, 6) is 0.426. The van der Waals surface area contributed by atoms with Gasteiger partial charge in [0.1, 0.15) is 5.78 Å². The van der Waals surface area contributed by atoms with E-state index in [4.69, 9.17) is 4.74 Å². The largest absolute Gasteiger partial charge is 0.469 e. The summed E-state index contributed by atoms with van der Waals surface area (Å²) in [5.41, 5.74) is -1.51.